The number of carbonyl (C=O) groups is 2. The van der Waals surface area contributed by atoms with Crippen LogP contribution in [-0.4, -0.2) is 16.9 Å². The third-order valence-corrected chi connectivity index (χ3v) is 4.59. The van der Waals surface area contributed by atoms with Crippen LogP contribution in [0.15, 0.2) is 72.8 Å². The van der Waals surface area contributed by atoms with E-state index in [2.05, 4.69) is 16.0 Å². The highest BCUT2D eigenvalue weighted by atomic mass is 35.5. The summed E-state index contributed by atoms with van der Waals surface area (Å²) in [4.78, 5) is 24.4. The summed E-state index contributed by atoms with van der Waals surface area (Å²) in [6.07, 6.45) is 0. The second-order valence-electron chi connectivity index (χ2n) is 5.93. The van der Waals surface area contributed by atoms with E-state index in [1.54, 1.807) is 60.7 Å². The molecule has 0 heterocycles. The number of nitrogens with one attached hydrogen (secondary N) is 3. The fraction of sp³-hybridized carbons (Fsp3) is 0. The second kappa shape index (κ2) is 9.52. The molecule has 0 aliphatic rings. The molecule has 29 heavy (non-hydrogen) atoms. The molecule has 3 rings (SSSR count). The lowest BCUT2D eigenvalue weighted by Gasteiger charge is -2.11. The first-order valence-electron chi connectivity index (χ1n) is 8.46. The topological polar surface area (TPSA) is 70.2 Å². The molecule has 0 aliphatic heterocycles. The molecule has 0 saturated heterocycles. The summed E-state index contributed by atoms with van der Waals surface area (Å²) >= 11 is 17.1. The summed E-state index contributed by atoms with van der Waals surface area (Å²) < 4.78 is 0. The SMILES string of the molecule is O=C(NC(=S)Nc1ccc(NC(=O)c2ccc(Cl)cc2Cl)cc1)c1ccccc1. The normalized spacial score (nSPS) is 10.1. The number of thiocarbonyl (C=S) groups is 1. The first kappa shape index (κ1) is 20.8. The van der Waals surface area contributed by atoms with Crippen LogP contribution in [-0.2, 0) is 0 Å². The number of halogens is 2. The Morgan fingerprint density at radius 1 is 0.759 bits per heavy atom. The van der Waals surface area contributed by atoms with Gasteiger partial charge in [0.25, 0.3) is 11.8 Å². The van der Waals surface area contributed by atoms with E-state index in [4.69, 9.17) is 35.4 Å². The van der Waals surface area contributed by atoms with Crippen LogP contribution in [0.2, 0.25) is 10.0 Å². The van der Waals surface area contributed by atoms with Crippen LogP contribution < -0.4 is 16.0 Å². The first-order chi connectivity index (χ1) is 13.9. The van der Waals surface area contributed by atoms with E-state index in [1.807, 2.05) is 6.07 Å². The third kappa shape index (κ3) is 5.77. The van der Waals surface area contributed by atoms with Crippen molar-refractivity contribution in [1.29, 1.82) is 0 Å². The average Bonchev–Trinajstić information content (AvgIpc) is 2.70. The van der Waals surface area contributed by atoms with Gasteiger partial charge in [-0.3, -0.25) is 14.9 Å². The smallest absolute Gasteiger partial charge is 0.257 e. The van der Waals surface area contributed by atoms with Crippen LogP contribution in [0.1, 0.15) is 20.7 Å². The Balaban J connectivity index is 1.57. The minimum absolute atomic E-state index is 0.170. The van der Waals surface area contributed by atoms with Gasteiger partial charge in [0.15, 0.2) is 5.11 Å². The molecule has 3 aromatic rings. The lowest BCUT2D eigenvalue weighted by Crippen LogP contribution is -2.34. The van der Waals surface area contributed by atoms with Gasteiger partial charge in [-0.2, -0.15) is 0 Å². The Hall–Kier alpha value is -2.93. The van der Waals surface area contributed by atoms with Crippen molar-refractivity contribution in [3.05, 3.63) is 94.0 Å². The van der Waals surface area contributed by atoms with Crippen LogP contribution in [0, 0.1) is 0 Å². The average molecular weight is 444 g/mol. The molecule has 0 aromatic heterocycles. The zero-order valence-electron chi connectivity index (χ0n) is 14.9. The number of hydrogen-bond donors (Lipinski definition) is 3. The highest BCUT2D eigenvalue weighted by Gasteiger charge is 2.11. The first-order valence-corrected chi connectivity index (χ1v) is 9.62. The Morgan fingerprint density at radius 2 is 1.38 bits per heavy atom. The minimum atomic E-state index is -0.349. The summed E-state index contributed by atoms with van der Waals surface area (Å²) in [5.41, 5.74) is 2.07. The largest absolute Gasteiger partial charge is 0.332 e. The Morgan fingerprint density at radius 3 is 2.00 bits per heavy atom. The predicted molar refractivity (Wildman–Crippen MR) is 121 cm³/mol. The van der Waals surface area contributed by atoms with Gasteiger partial charge in [0.2, 0.25) is 0 Å². The van der Waals surface area contributed by atoms with E-state index in [-0.39, 0.29) is 21.9 Å². The van der Waals surface area contributed by atoms with Crippen LogP contribution in [0.5, 0.6) is 0 Å². The maximum Gasteiger partial charge on any atom is 0.257 e. The Labute approximate surface area is 183 Å². The molecule has 0 radical (unpaired) electrons. The minimum Gasteiger partial charge on any atom is -0.332 e. The fourth-order valence-electron chi connectivity index (χ4n) is 2.44. The van der Waals surface area contributed by atoms with Gasteiger partial charge in [-0.15, -0.1) is 0 Å². The summed E-state index contributed by atoms with van der Waals surface area (Å²) in [7, 11) is 0. The van der Waals surface area contributed by atoms with Gasteiger partial charge in [-0.25, -0.2) is 0 Å². The molecule has 3 aromatic carbocycles. The molecule has 0 spiro atoms. The van der Waals surface area contributed by atoms with E-state index < -0.39 is 0 Å². The quantitative estimate of drug-likeness (QED) is 0.473. The zero-order chi connectivity index (χ0) is 20.8. The van der Waals surface area contributed by atoms with Gasteiger partial charge in [0.1, 0.15) is 0 Å². The van der Waals surface area contributed by atoms with Gasteiger partial charge in [0, 0.05) is 22.0 Å². The second-order valence-corrected chi connectivity index (χ2v) is 7.18. The van der Waals surface area contributed by atoms with E-state index in [0.29, 0.717) is 27.5 Å². The molecule has 8 heteroatoms. The molecule has 0 aliphatic carbocycles. The van der Waals surface area contributed by atoms with Crippen LogP contribution >= 0.6 is 35.4 Å². The van der Waals surface area contributed by atoms with Gasteiger partial charge in [-0.1, -0.05) is 41.4 Å². The molecule has 5 nitrogen and oxygen atoms in total. The van der Waals surface area contributed by atoms with Crippen molar-refractivity contribution in [3.63, 3.8) is 0 Å². The fourth-order valence-corrected chi connectivity index (χ4v) is 3.14. The molecule has 2 amide bonds. The maximum atomic E-state index is 12.3. The van der Waals surface area contributed by atoms with Gasteiger partial charge >= 0.3 is 0 Å². The van der Waals surface area contributed by atoms with E-state index in [1.165, 1.54) is 6.07 Å². The molecular weight excluding hydrogens is 429 g/mol. The van der Waals surface area contributed by atoms with Gasteiger partial charge in [0.05, 0.1) is 10.6 Å². The molecule has 0 bridgehead atoms. The molecule has 0 atom stereocenters. The highest BCUT2D eigenvalue weighted by molar-refractivity contribution is 7.80. The van der Waals surface area contributed by atoms with E-state index in [9.17, 15) is 9.59 Å². The van der Waals surface area contributed by atoms with E-state index in [0.717, 1.165) is 0 Å². The van der Waals surface area contributed by atoms with Crippen LogP contribution in [0.3, 0.4) is 0 Å². The van der Waals surface area contributed by atoms with Crippen molar-refractivity contribution in [2.24, 2.45) is 0 Å². The predicted octanol–water partition coefficient (Wildman–Crippen LogP) is 5.37. The zero-order valence-corrected chi connectivity index (χ0v) is 17.2. The van der Waals surface area contributed by atoms with E-state index >= 15 is 0 Å². The molecule has 0 fully saturated rings. The standard InChI is InChI=1S/C21H15Cl2N3O2S/c22-14-6-11-17(18(23)12-14)20(28)24-15-7-9-16(10-8-15)25-21(29)26-19(27)13-4-2-1-3-5-13/h1-12H,(H,24,28)(H2,25,26,27,29). The van der Waals surface area contributed by atoms with Crippen molar-refractivity contribution in [3.8, 4) is 0 Å². The number of rotatable bonds is 4. The lowest BCUT2D eigenvalue weighted by molar-refractivity contribution is 0.0976. The van der Waals surface area contributed by atoms with Gasteiger partial charge in [-0.05, 0) is 66.8 Å². The number of anilines is 2. The summed E-state index contributed by atoms with van der Waals surface area (Å²) in [5, 5.41) is 9.18. The number of hydrogen-bond acceptors (Lipinski definition) is 3. The summed E-state index contributed by atoms with van der Waals surface area (Å²) in [6, 6.07) is 20.3. The molecule has 0 saturated carbocycles. The third-order valence-electron chi connectivity index (χ3n) is 3.84. The Kier molecular flexibility index (Phi) is 6.82. The summed E-state index contributed by atoms with van der Waals surface area (Å²) in [5.74, 6) is -0.648. The van der Waals surface area contributed by atoms with Crippen molar-refractivity contribution in [2.75, 3.05) is 10.6 Å². The highest BCUT2D eigenvalue weighted by Crippen LogP contribution is 2.22. The molecule has 0 unspecified atom stereocenters. The van der Waals surface area contributed by atoms with Crippen molar-refractivity contribution < 1.29 is 9.59 Å². The number of benzene rings is 3. The molecular formula is C21H15Cl2N3O2S. The number of amides is 2. The van der Waals surface area contributed by atoms with Gasteiger partial charge < -0.3 is 10.6 Å². The van der Waals surface area contributed by atoms with Crippen molar-refractivity contribution in [2.45, 2.75) is 0 Å². The van der Waals surface area contributed by atoms with Crippen molar-refractivity contribution >= 4 is 63.7 Å². The molecule has 3 N–H and O–H groups in total. The molecule has 146 valence electrons. The van der Waals surface area contributed by atoms with Crippen LogP contribution in [0.25, 0.3) is 0 Å². The monoisotopic (exact) mass is 443 g/mol. The summed E-state index contributed by atoms with van der Waals surface area (Å²) in [6.45, 7) is 0. The lowest BCUT2D eigenvalue weighted by atomic mass is 10.2. The van der Waals surface area contributed by atoms with Crippen LogP contribution in [0.4, 0.5) is 11.4 Å². The maximum absolute atomic E-state index is 12.3. The number of carbonyl (C=O) groups excluding carboxylic acids is 2. The Bertz CT molecular complexity index is 1060. The van der Waals surface area contributed by atoms with Crippen molar-refractivity contribution in [1.82, 2.24) is 5.32 Å².